The highest BCUT2D eigenvalue weighted by atomic mass is 16.6. The van der Waals surface area contributed by atoms with Gasteiger partial charge in [0.15, 0.2) is 0 Å². The van der Waals surface area contributed by atoms with Crippen molar-refractivity contribution < 1.29 is 23.9 Å². The normalized spacial score (nSPS) is 20.8. The molecular weight excluding hydrogens is 462 g/mol. The number of aromatic nitrogens is 2. The second-order valence-electron chi connectivity index (χ2n) is 10.2. The third kappa shape index (κ3) is 5.63. The van der Waals surface area contributed by atoms with Crippen molar-refractivity contribution in [3.63, 3.8) is 0 Å². The summed E-state index contributed by atoms with van der Waals surface area (Å²) < 4.78 is 12.4. The second-order valence-corrected chi connectivity index (χ2v) is 10.2. The number of likely N-dealkylation sites (tertiary alicyclic amines) is 2. The number of hydrogen-bond acceptors (Lipinski definition) is 6. The molecule has 36 heavy (non-hydrogen) atoms. The number of alkyl carbamates (subject to hydrolysis) is 1. The van der Waals surface area contributed by atoms with Crippen LogP contribution in [0.15, 0.2) is 42.7 Å². The van der Waals surface area contributed by atoms with E-state index in [9.17, 15) is 14.4 Å². The first kappa shape index (κ1) is 25.5. The zero-order chi connectivity index (χ0) is 25.9. The number of methoxy groups -OCH3 is 1. The van der Waals surface area contributed by atoms with Crippen LogP contribution >= 0.6 is 0 Å². The fourth-order valence-corrected chi connectivity index (χ4v) is 4.93. The molecule has 2 aliphatic heterocycles. The van der Waals surface area contributed by atoms with Crippen LogP contribution < -0.4 is 5.32 Å². The zero-order valence-corrected chi connectivity index (χ0v) is 21.3. The maximum absolute atomic E-state index is 13.8. The molecule has 4 rings (SSSR count). The molecule has 10 nitrogen and oxygen atoms in total. The number of carbonyl (C=O) groups excluding carboxylic acids is 3. The summed E-state index contributed by atoms with van der Waals surface area (Å²) in [6.07, 6.45) is 5.06. The molecule has 2 aromatic rings. The standard InChI is InChI=1S/C26H35N5O5/c1-26(2,3)36-25(34)29-15-12-19(17-29)30-16-13-27-22(30)20-11-8-14-31(20)23(32)21(28-24(33)35-4)18-9-6-5-7-10-18/h5-7,9-10,13,16,19-21H,8,11-12,14-15,17H2,1-4H3,(H,28,33). The van der Waals surface area contributed by atoms with Crippen molar-refractivity contribution in [2.75, 3.05) is 26.7 Å². The predicted molar refractivity (Wildman–Crippen MR) is 132 cm³/mol. The van der Waals surface area contributed by atoms with Crippen molar-refractivity contribution in [1.82, 2.24) is 24.7 Å². The summed E-state index contributed by atoms with van der Waals surface area (Å²) in [4.78, 5) is 46.5. The number of amides is 3. The summed E-state index contributed by atoms with van der Waals surface area (Å²) in [6.45, 7) is 7.26. The maximum atomic E-state index is 13.8. The van der Waals surface area contributed by atoms with Crippen molar-refractivity contribution >= 4 is 18.1 Å². The van der Waals surface area contributed by atoms with Gasteiger partial charge < -0.3 is 29.2 Å². The second kappa shape index (κ2) is 10.6. The Hall–Kier alpha value is -3.56. The number of ether oxygens (including phenoxy) is 2. The van der Waals surface area contributed by atoms with Gasteiger partial charge in [-0.1, -0.05) is 30.3 Å². The summed E-state index contributed by atoms with van der Waals surface area (Å²) in [6, 6.07) is 8.11. The molecule has 3 amide bonds. The summed E-state index contributed by atoms with van der Waals surface area (Å²) in [7, 11) is 1.28. The Morgan fingerprint density at radius 3 is 2.56 bits per heavy atom. The van der Waals surface area contributed by atoms with Gasteiger partial charge in [0, 0.05) is 32.0 Å². The number of benzene rings is 1. The lowest BCUT2D eigenvalue weighted by Gasteiger charge is -2.30. The average Bonchev–Trinajstić information content (AvgIpc) is 3.60. The zero-order valence-electron chi connectivity index (χ0n) is 21.3. The minimum absolute atomic E-state index is 0.0469. The molecule has 0 aliphatic carbocycles. The van der Waals surface area contributed by atoms with Gasteiger partial charge in [0.2, 0.25) is 0 Å². The molecule has 3 heterocycles. The molecule has 2 aliphatic rings. The van der Waals surface area contributed by atoms with E-state index in [1.807, 2.05) is 57.3 Å². The Morgan fingerprint density at radius 1 is 1.11 bits per heavy atom. The van der Waals surface area contributed by atoms with Crippen LogP contribution in [0.2, 0.25) is 0 Å². The Morgan fingerprint density at radius 2 is 1.86 bits per heavy atom. The maximum Gasteiger partial charge on any atom is 0.410 e. The quantitative estimate of drug-likeness (QED) is 0.673. The van der Waals surface area contributed by atoms with Crippen molar-refractivity contribution in [2.24, 2.45) is 0 Å². The first-order valence-corrected chi connectivity index (χ1v) is 12.4. The summed E-state index contributed by atoms with van der Waals surface area (Å²) in [5.74, 6) is 0.590. The smallest absolute Gasteiger partial charge is 0.410 e. The minimum atomic E-state index is -0.864. The molecule has 1 aromatic heterocycles. The molecule has 3 atom stereocenters. The van der Waals surface area contributed by atoms with Crippen molar-refractivity contribution in [3.05, 3.63) is 54.1 Å². The summed E-state index contributed by atoms with van der Waals surface area (Å²) >= 11 is 0. The highest BCUT2D eigenvalue weighted by Gasteiger charge is 2.39. The topological polar surface area (TPSA) is 106 Å². The average molecular weight is 498 g/mol. The molecule has 1 N–H and O–H groups in total. The Bertz CT molecular complexity index is 1080. The third-order valence-corrected chi connectivity index (χ3v) is 6.57. The van der Waals surface area contributed by atoms with Crippen LogP contribution in [0.1, 0.15) is 69.5 Å². The first-order valence-electron chi connectivity index (χ1n) is 12.4. The van der Waals surface area contributed by atoms with E-state index in [1.54, 1.807) is 16.0 Å². The van der Waals surface area contributed by atoms with Gasteiger partial charge in [0.1, 0.15) is 17.5 Å². The van der Waals surface area contributed by atoms with Gasteiger partial charge in [0.25, 0.3) is 5.91 Å². The van der Waals surface area contributed by atoms with Crippen LogP contribution in [0, 0.1) is 0 Å². The van der Waals surface area contributed by atoms with Gasteiger partial charge in [-0.05, 0) is 45.6 Å². The molecule has 0 radical (unpaired) electrons. The molecule has 0 saturated carbocycles. The van der Waals surface area contributed by atoms with Gasteiger partial charge in [-0.2, -0.15) is 0 Å². The summed E-state index contributed by atoms with van der Waals surface area (Å²) in [5.41, 5.74) is 0.138. The number of imidazole rings is 1. The van der Waals surface area contributed by atoms with E-state index in [0.29, 0.717) is 25.2 Å². The van der Waals surface area contributed by atoms with Gasteiger partial charge in [-0.3, -0.25) is 4.79 Å². The van der Waals surface area contributed by atoms with E-state index in [0.717, 1.165) is 25.1 Å². The third-order valence-electron chi connectivity index (χ3n) is 6.57. The number of carbonyl (C=O) groups is 3. The molecule has 2 saturated heterocycles. The highest BCUT2D eigenvalue weighted by molar-refractivity contribution is 5.87. The highest BCUT2D eigenvalue weighted by Crippen LogP contribution is 2.36. The van der Waals surface area contributed by atoms with Crippen LogP contribution in [0.5, 0.6) is 0 Å². The molecule has 0 spiro atoms. The Labute approximate surface area is 211 Å². The van der Waals surface area contributed by atoms with Crippen LogP contribution in [-0.2, 0) is 14.3 Å². The van der Waals surface area contributed by atoms with Gasteiger partial charge in [0.05, 0.1) is 19.2 Å². The number of nitrogens with zero attached hydrogens (tertiary/aromatic N) is 4. The monoisotopic (exact) mass is 497 g/mol. The lowest BCUT2D eigenvalue weighted by Crippen LogP contribution is -2.43. The van der Waals surface area contributed by atoms with Crippen LogP contribution in [0.4, 0.5) is 9.59 Å². The molecule has 3 unspecified atom stereocenters. The molecule has 194 valence electrons. The van der Waals surface area contributed by atoms with Crippen LogP contribution in [0.25, 0.3) is 0 Å². The minimum Gasteiger partial charge on any atom is -0.453 e. The van der Waals surface area contributed by atoms with Crippen molar-refractivity contribution in [2.45, 2.75) is 63.8 Å². The lowest BCUT2D eigenvalue weighted by molar-refractivity contribution is -0.134. The van der Waals surface area contributed by atoms with E-state index in [2.05, 4.69) is 14.9 Å². The van der Waals surface area contributed by atoms with E-state index < -0.39 is 17.7 Å². The van der Waals surface area contributed by atoms with E-state index in [1.165, 1.54) is 7.11 Å². The van der Waals surface area contributed by atoms with E-state index >= 15 is 0 Å². The molecule has 0 bridgehead atoms. The molecule has 10 heteroatoms. The lowest BCUT2D eigenvalue weighted by atomic mass is 10.0. The summed E-state index contributed by atoms with van der Waals surface area (Å²) in [5, 5.41) is 2.69. The van der Waals surface area contributed by atoms with Gasteiger partial charge >= 0.3 is 12.2 Å². The van der Waals surface area contributed by atoms with Crippen LogP contribution in [-0.4, -0.2) is 69.8 Å². The van der Waals surface area contributed by atoms with E-state index in [-0.39, 0.29) is 24.1 Å². The molecule has 2 fully saturated rings. The molecular formula is C26H35N5O5. The predicted octanol–water partition coefficient (Wildman–Crippen LogP) is 3.83. The number of hydrogen-bond donors (Lipinski definition) is 1. The van der Waals surface area contributed by atoms with E-state index in [4.69, 9.17) is 9.47 Å². The van der Waals surface area contributed by atoms with Crippen LogP contribution in [0.3, 0.4) is 0 Å². The SMILES string of the molecule is COC(=O)NC(C(=O)N1CCCC1c1nccn1C1CCN(C(=O)OC(C)(C)C)C1)c1ccccc1. The Kier molecular flexibility index (Phi) is 7.51. The fraction of sp³-hybridized carbons (Fsp3) is 0.538. The number of rotatable bonds is 5. The molecule has 1 aromatic carbocycles. The van der Waals surface area contributed by atoms with Gasteiger partial charge in [-0.15, -0.1) is 0 Å². The largest absolute Gasteiger partial charge is 0.453 e. The van der Waals surface area contributed by atoms with Crippen molar-refractivity contribution in [1.29, 1.82) is 0 Å². The fourth-order valence-electron chi connectivity index (χ4n) is 4.93. The van der Waals surface area contributed by atoms with Gasteiger partial charge in [-0.25, -0.2) is 14.6 Å². The first-order chi connectivity index (χ1) is 17.2. The Balaban J connectivity index is 1.53. The van der Waals surface area contributed by atoms with Crippen molar-refractivity contribution in [3.8, 4) is 0 Å². The number of nitrogens with one attached hydrogen (secondary N) is 1.